The van der Waals surface area contributed by atoms with Crippen LogP contribution in [0.25, 0.3) is 10.8 Å². The van der Waals surface area contributed by atoms with Gasteiger partial charge in [0.15, 0.2) is 5.96 Å². The number of guanidine groups is 1. The Morgan fingerprint density at radius 2 is 1.80 bits per heavy atom. The number of piperidine rings is 1. The van der Waals surface area contributed by atoms with Gasteiger partial charge in [0.25, 0.3) is 0 Å². The molecule has 3 rings (SSSR count). The van der Waals surface area contributed by atoms with E-state index < -0.39 is 16.1 Å². The number of nitrogens with zero attached hydrogens (tertiary/aromatic N) is 3. The number of benzene rings is 2. The maximum Gasteiger partial charge on any atom is 0.241 e. The molecular formula is C25H38N6O3S. The van der Waals surface area contributed by atoms with Crippen LogP contribution in [0.15, 0.2) is 46.3 Å². The number of fused-ring (bicyclic) bond motifs is 1. The van der Waals surface area contributed by atoms with Crippen LogP contribution in [0.4, 0.5) is 5.69 Å². The van der Waals surface area contributed by atoms with Crippen molar-refractivity contribution in [1.29, 1.82) is 0 Å². The molecule has 0 aliphatic carbocycles. The summed E-state index contributed by atoms with van der Waals surface area (Å²) in [6.45, 7) is 4.32. The van der Waals surface area contributed by atoms with Crippen LogP contribution < -0.4 is 20.7 Å². The monoisotopic (exact) mass is 502 g/mol. The number of anilines is 1. The third-order valence-corrected chi connectivity index (χ3v) is 7.71. The second-order valence-electron chi connectivity index (χ2n) is 9.02. The van der Waals surface area contributed by atoms with Crippen LogP contribution in [-0.2, 0) is 14.8 Å². The highest BCUT2D eigenvalue weighted by Gasteiger charge is 2.30. The molecular weight excluding hydrogens is 464 g/mol. The summed E-state index contributed by atoms with van der Waals surface area (Å²) in [6.07, 6.45) is 3.82. The van der Waals surface area contributed by atoms with Crippen LogP contribution in [0.3, 0.4) is 0 Å². The predicted molar refractivity (Wildman–Crippen MR) is 142 cm³/mol. The van der Waals surface area contributed by atoms with E-state index in [1.54, 1.807) is 23.1 Å². The molecule has 1 aliphatic heterocycles. The van der Waals surface area contributed by atoms with Crippen LogP contribution in [0, 0.1) is 0 Å². The van der Waals surface area contributed by atoms with Crippen molar-refractivity contribution in [2.75, 3.05) is 45.2 Å². The van der Waals surface area contributed by atoms with E-state index in [9.17, 15) is 13.2 Å². The molecule has 0 spiro atoms. The van der Waals surface area contributed by atoms with E-state index >= 15 is 0 Å². The van der Waals surface area contributed by atoms with Gasteiger partial charge in [0.05, 0.1) is 4.90 Å². The minimum absolute atomic E-state index is 0.171. The Hall–Kier alpha value is -2.85. The molecule has 1 unspecified atom stereocenters. The van der Waals surface area contributed by atoms with Crippen LogP contribution in [0.2, 0.25) is 0 Å². The first-order valence-electron chi connectivity index (χ1n) is 12.3. The summed E-state index contributed by atoms with van der Waals surface area (Å²) in [5.41, 5.74) is 6.72. The third-order valence-electron chi connectivity index (χ3n) is 6.18. The first-order chi connectivity index (χ1) is 16.7. The highest BCUT2D eigenvalue weighted by atomic mass is 32.2. The molecule has 0 saturated carbocycles. The molecule has 1 heterocycles. The van der Waals surface area contributed by atoms with Gasteiger partial charge in [-0.15, -0.1) is 0 Å². The number of likely N-dealkylation sites (tertiary alicyclic amines) is 1. The SMILES string of the molecule is CCNC(N)=NCCCC(NS(=O)(=O)c1cccc2c(N(C)C)cccc12)C(=O)N1CCCCC1. The standard InChI is InChI=1S/C25H38N6O3S/c1-4-27-25(26)28-16-10-13-21(24(32)31-17-6-5-7-18-31)29-35(33,34)23-15-9-11-19-20(23)12-8-14-22(19)30(2)3/h8-9,11-12,14-15,21,29H,4-7,10,13,16-18H2,1-3H3,(H3,26,27,28). The van der Waals surface area contributed by atoms with E-state index in [0.717, 1.165) is 30.3 Å². The number of carbonyl (C=O) groups excluding carboxylic acids is 1. The zero-order valence-corrected chi connectivity index (χ0v) is 21.8. The van der Waals surface area contributed by atoms with Crippen LogP contribution in [0.1, 0.15) is 39.0 Å². The average molecular weight is 503 g/mol. The molecule has 0 aromatic heterocycles. The summed E-state index contributed by atoms with van der Waals surface area (Å²) in [5.74, 6) is 0.172. The molecule has 2 aromatic rings. The molecule has 2 aromatic carbocycles. The first-order valence-corrected chi connectivity index (χ1v) is 13.8. The fourth-order valence-corrected chi connectivity index (χ4v) is 5.88. The molecule has 4 N–H and O–H groups in total. The number of hydrogen-bond donors (Lipinski definition) is 3. The number of nitrogens with one attached hydrogen (secondary N) is 2. The lowest BCUT2D eigenvalue weighted by molar-refractivity contribution is -0.134. The topological polar surface area (TPSA) is 120 Å². The largest absolute Gasteiger partial charge is 0.377 e. The van der Waals surface area contributed by atoms with Crippen molar-refractivity contribution >= 4 is 38.3 Å². The maximum atomic E-state index is 13.6. The summed E-state index contributed by atoms with van der Waals surface area (Å²) >= 11 is 0. The Bertz CT molecular complexity index is 1140. The molecule has 1 fully saturated rings. The third kappa shape index (κ3) is 6.85. The second-order valence-corrected chi connectivity index (χ2v) is 10.7. The lowest BCUT2D eigenvalue weighted by Crippen LogP contribution is -2.50. The van der Waals surface area contributed by atoms with Gasteiger partial charge in [-0.25, -0.2) is 8.42 Å². The quantitative estimate of drug-likeness (QED) is 0.260. The molecule has 0 bridgehead atoms. The van der Waals surface area contributed by atoms with Crippen LogP contribution in [0.5, 0.6) is 0 Å². The van der Waals surface area contributed by atoms with Gasteiger partial charge in [0, 0.05) is 56.7 Å². The van der Waals surface area contributed by atoms with Gasteiger partial charge < -0.3 is 20.9 Å². The minimum atomic E-state index is -3.96. The average Bonchev–Trinajstić information content (AvgIpc) is 2.85. The molecule has 9 nitrogen and oxygen atoms in total. The van der Waals surface area contributed by atoms with E-state index in [1.807, 2.05) is 44.1 Å². The number of hydrogen-bond acceptors (Lipinski definition) is 5. The smallest absolute Gasteiger partial charge is 0.241 e. The first kappa shape index (κ1) is 26.7. The number of carbonyl (C=O) groups is 1. The van der Waals surface area contributed by atoms with E-state index in [1.165, 1.54) is 0 Å². The van der Waals surface area contributed by atoms with Crippen LogP contribution >= 0.6 is 0 Å². The summed E-state index contributed by atoms with van der Waals surface area (Å²) < 4.78 is 29.9. The Balaban J connectivity index is 1.87. The Kier molecular flexibility index (Phi) is 9.33. The Labute approximate surface area is 208 Å². The summed E-state index contributed by atoms with van der Waals surface area (Å²) in [4.78, 5) is 21.5. The Morgan fingerprint density at radius 1 is 1.11 bits per heavy atom. The predicted octanol–water partition coefficient (Wildman–Crippen LogP) is 2.27. The zero-order valence-electron chi connectivity index (χ0n) is 21.0. The summed E-state index contributed by atoms with van der Waals surface area (Å²) in [5, 5.41) is 4.40. The molecule has 1 aliphatic rings. The fraction of sp³-hybridized carbons (Fsp3) is 0.520. The number of aliphatic imine (C=N–C) groups is 1. The van der Waals surface area contributed by atoms with Gasteiger partial charge in [0.2, 0.25) is 15.9 Å². The van der Waals surface area contributed by atoms with Gasteiger partial charge in [-0.1, -0.05) is 24.3 Å². The lowest BCUT2D eigenvalue weighted by Gasteiger charge is -2.30. The van der Waals surface area contributed by atoms with Gasteiger partial charge in [-0.05, 0) is 51.2 Å². The molecule has 35 heavy (non-hydrogen) atoms. The van der Waals surface area contributed by atoms with Crippen molar-refractivity contribution in [1.82, 2.24) is 14.9 Å². The number of sulfonamides is 1. The zero-order chi connectivity index (χ0) is 25.4. The summed E-state index contributed by atoms with van der Waals surface area (Å²) in [7, 11) is -0.116. The van der Waals surface area contributed by atoms with Gasteiger partial charge in [-0.3, -0.25) is 9.79 Å². The maximum absolute atomic E-state index is 13.6. The molecule has 1 saturated heterocycles. The minimum Gasteiger partial charge on any atom is -0.377 e. The normalized spacial score (nSPS) is 15.7. The van der Waals surface area contributed by atoms with E-state index in [0.29, 0.717) is 50.4 Å². The number of rotatable bonds is 10. The van der Waals surface area contributed by atoms with Crippen molar-refractivity contribution < 1.29 is 13.2 Å². The van der Waals surface area contributed by atoms with E-state index in [2.05, 4.69) is 15.0 Å². The Morgan fingerprint density at radius 3 is 2.49 bits per heavy atom. The second kappa shape index (κ2) is 12.2. The molecule has 192 valence electrons. The van der Waals surface area contributed by atoms with Crippen molar-refractivity contribution in [2.45, 2.75) is 50.0 Å². The van der Waals surface area contributed by atoms with Crippen LogP contribution in [-0.4, -0.2) is 71.5 Å². The summed E-state index contributed by atoms with van der Waals surface area (Å²) in [6, 6.07) is 9.98. The van der Waals surface area contributed by atoms with Crippen molar-refractivity contribution in [3.05, 3.63) is 36.4 Å². The number of nitrogens with two attached hydrogens (primary N) is 1. The van der Waals surface area contributed by atoms with Crippen molar-refractivity contribution in [3.8, 4) is 0 Å². The van der Waals surface area contributed by atoms with Gasteiger partial charge >= 0.3 is 0 Å². The van der Waals surface area contributed by atoms with Gasteiger partial charge in [-0.2, -0.15) is 4.72 Å². The molecule has 1 atom stereocenters. The van der Waals surface area contributed by atoms with E-state index in [4.69, 9.17) is 5.73 Å². The van der Waals surface area contributed by atoms with Crippen molar-refractivity contribution in [2.24, 2.45) is 10.7 Å². The number of amides is 1. The highest BCUT2D eigenvalue weighted by molar-refractivity contribution is 7.89. The lowest BCUT2D eigenvalue weighted by atomic mass is 10.1. The van der Waals surface area contributed by atoms with Crippen molar-refractivity contribution in [3.63, 3.8) is 0 Å². The molecule has 10 heteroatoms. The fourth-order valence-electron chi connectivity index (χ4n) is 4.44. The molecule has 0 radical (unpaired) electrons. The van der Waals surface area contributed by atoms with E-state index in [-0.39, 0.29) is 10.8 Å². The van der Waals surface area contributed by atoms with Gasteiger partial charge in [0.1, 0.15) is 6.04 Å². The molecule has 1 amide bonds. The highest BCUT2D eigenvalue weighted by Crippen LogP contribution is 2.30.